The molecule has 0 saturated heterocycles. The molecule has 5 nitrogen and oxygen atoms in total. The summed E-state index contributed by atoms with van der Waals surface area (Å²) in [7, 11) is 1.74. The van der Waals surface area contributed by atoms with Gasteiger partial charge >= 0.3 is 0 Å². The van der Waals surface area contributed by atoms with Crippen molar-refractivity contribution in [1.29, 1.82) is 0 Å². The normalized spacial score (nSPS) is 19.9. The molecule has 0 radical (unpaired) electrons. The van der Waals surface area contributed by atoms with Crippen molar-refractivity contribution in [2.75, 3.05) is 16.8 Å². The van der Waals surface area contributed by atoms with Gasteiger partial charge in [0.15, 0.2) is 5.75 Å². The Morgan fingerprint density at radius 1 is 1.04 bits per heavy atom. The van der Waals surface area contributed by atoms with Crippen LogP contribution in [0.2, 0.25) is 0 Å². The molecule has 0 fully saturated rings. The molecule has 0 saturated carbocycles. The minimum atomic E-state index is -0.194. The summed E-state index contributed by atoms with van der Waals surface area (Å²) >= 11 is 1.39. The summed E-state index contributed by atoms with van der Waals surface area (Å²) in [6.07, 6.45) is 0. The number of carbonyl (C=O) groups is 1. The second-order valence-electron chi connectivity index (χ2n) is 5.40. The summed E-state index contributed by atoms with van der Waals surface area (Å²) < 4.78 is 5.94. The number of likely N-dealkylation sites (N-methyl/N-ethyl adjacent to an activating group) is 1. The fourth-order valence-corrected chi connectivity index (χ4v) is 3.60. The van der Waals surface area contributed by atoms with Crippen molar-refractivity contribution >= 4 is 29.0 Å². The molecule has 0 bridgehead atoms. The van der Waals surface area contributed by atoms with Crippen molar-refractivity contribution in [3.63, 3.8) is 0 Å². The topological polar surface area (TPSA) is 58.8 Å². The van der Waals surface area contributed by atoms with Gasteiger partial charge in [0, 0.05) is 18.1 Å². The van der Waals surface area contributed by atoms with E-state index in [1.54, 1.807) is 11.9 Å². The highest BCUT2D eigenvalue weighted by Crippen LogP contribution is 2.42. The number of fused-ring (bicyclic) bond motifs is 1. The Bertz CT molecular complexity index is 877. The van der Waals surface area contributed by atoms with Gasteiger partial charge in [0.05, 0.1) is 5.69 Å². The summed E-state index contributed by atoms with van der Waals surface area (Å²) in [6, 6.07) is 17.2. The summed E-state index contributed by atoms with van der Waals surface area (Å²) in [5.41, 5.74) is 7.77. The third-order valence-corrected chi connectivity index (χ3v) is 4.85. The Hall–Kier alpha value is -2.86. The van der Waals surface area contributed by atoms with Gasteiger partial charge in [-0.2, -0.15) is 0 Å². The molecule has 2 N–H and O–H groups in total. The van der Waals surface area contributed by atoms with Crippen LogP contribution < -0.4 is 20.3 Å². The lowest BCUT2D eigenvalue weighted by Gasteiger charge is -2.30. The van der Waals surface area contributed by atoms with Crippen molar-refractivity contribution in [1.82, 2.24) is 0 Å². The number of anilines is 2. The van der Waals surface area contributed by atoms with Crippen LogP contribution in [0.4, 0.5) is 11.4 Å². The number of nitrogens with two attached hydrogens (primary N) is 1. The molecule has 2 aliphatic rings. The standard InChI is InChI=1S/C18H15N3O2S/c1-20-13-9-5-6-10-14(13)23-16(17(20)22)18-21(15(19)11-24-18)12-7-3-2-4-8-12/h2-11H,19H2,1H3/b18-16-. The highest BCUT2D eigenvalue weighted by atomic mass is 32.2. The molecule has 2 aromatic carbocycles. The molecule has 4 rings (SSSR count). The summed E-state index contributed by atoms with van der Waals surface area (Å²) in [5.74, 6) is 1.30. The number of hydrogen-bond donors (Lipinski definition) is 1. The first-order chi connectivity index (χ1) is 11.7. The number of ether oxygens (including phenoxy) is 1. The third kappa shape index (κ3) is 2.23. The van der Waals surface area contributed by atoms with Crippen molar-refractivity contribution in [3.8, 4) is 5.75 Å². The molecule has 0 aromatic heterocycles. The van der Waals surface area contributed by atoms with Crippen LogP contribution in [0.3, 0.4) is 0 Å². The average molecular weight is 337 g/mol. The molecule has 6 heteroatoms. The molecular weight excluding hydrogens is 322 g/mol. The molecule has 0 atom stereocenters. The van der Waals surface area contributed by atoms with Crippen LogP contribution in [-0.4, -0.2) is 13.0 Å². The number of thioether (sulfide) groups is 1. The lowest BCUT2D eigenvalue weighted by Crippen LogP contribution is -2.36. The maximum absolute atomic E-state index is 12.8. The molecular formula is C18H15N3O2S. The van der Waals surface area contributed by atoms with E-state index in [0.29, 0.717) is 16.6 Å². The van der Waals surface area contributed by atoms with E-state index in [0.717, 1.165) is 11.4 Å². The molecule has 24 heavy (non-hydrogen) atoms. The number of amides is 1. The first-order valence-corrected chi connectivity index (χ1v) is 8.31. The minimum Gasteiger partial charge on any atom is -0.447 e. The second kappa shape index (κ2) is 5.65. The molecule has 120 valence electrons. The predicted octanol–water partition coefficient (Wildman–Crippen LogP) is 3.22. The molecule has 0 spiro atoms. The SMILES string of the molecule is CN1C(=O)/C(=C2/SC=C(N)N2c2ccccc2)Oc2ccccc21. The van der Waals surface area contributed by atoms with Gasteiger partial charge in [0.1, 0.15) is 10.9 Å². The van der Waals surface area contributed by atoms with Gasteiger partial charge in [-0.15, -0.1) is 0 Å². The number of rotatable bonds is 1. The van der Waals surface area contributed by atoms with Gasteiger partial charge in [-0.3, -0.25) is 9.69 Å². The van der Waals surface area contributed by atoms with Crippen LogP contribution in [0.15, 0.2) is 76.6 Å². The number of hydrogen-bond acceptors (Lipinski definition) is 5. The predicted molar refractivity (Wildman–Crippen MR) is 96.3 cm³/mol. The first kappa shape index (κ1) is 14.7. The van der Waals surface area contributed by atoms with Crippen molar-refractivity contribution in [2.24, 2.45) is 5.73 Å². The highest BCUT2D eigenvalue weighted by molar-refractivity contribution is 8.06. The number of para-hydroxylation sites is 3. The fraction of sp³-hybridized carbons (Fsp3) is 0.0556. The highest BCUT2D eigenvalue weighted by Gasteiger charge is 2.35. The first-order valence-electron chi connectivity index (χ1n) is 7.43. The molecule has 1 amide bonds. The van der Waals surface area contributed by atoms with Gasteiger partial charge in [-0.05, 0) is 24.3 Å². The van der Waals surface area contributed by atoms with Crippen LogP contribution in [0.1, 0.15) is 0 Å². The van der Waals surface area contributed by atoms with Crippen molar-refractivity contribution in [3.05, 3.63) is 76.6 Å². The van der Waals surface area contributed by atoms with Crippen LogP contribution in [0, 0.1) is 0 Å². The zero-order valence-corrected chi connectivity index (χ0v) is 13.8. The summed E-state index contributed by atoms with van der Waals surface area (Å²) in [4.78, 5) is 16.2. The molecule has 0 unspecified atom stereocenters. The molecule has 2 aliphatic heterocycles. The van der Waals surface area contributed by atoms with Crippen LogP contribution in [0.5, 0.6) is 5.75 Å². The van der Waals surface area contributed by atoms with Gasteiger partial charge in [0.2, 0.25) is 5.76 Å². The summed E-state index contributed by atoms with van der Waals surface area (Å²) in [6.45, 7) is 0. The van der Waals surface area contributed by atoms with E-state index in [1.165, 1.54) is 11.8 Å². The third-order valence-electron chi connectivity index (χ3n) is 3.90. The Balaban J connectivity index is 1.83. The van der Waals surface area contributed by atoms with Gasteiger partial charge in [-0.25, -0.2) is 0 Å². The largest absolute Gasteiger partial charge is 0.447 e. The molecule has 2 aromatic rings. The van der Waals surface area contributed by atoms with E-state index in [2.05, 4.69) is 0 Å². The van der Waals surface area contributed by atoms with E-state index >= 15 is 0 Å². The van der Waals surface area contributed by atoms with E-state index < -0.39 is 0 Å². The number of benzene rings is 2. The molecule has 0 aliphatic carbocycles. The Morgan fingerprint density at radius 3 is 2.54 bits per heavy atom. The van der Waals surface area contributed by atoms with E-state index in [1.807, 2.05) is 64.9 Å². The zero-order valence-electron chi connectivity index (χ0n) is 13.0. The summed E-state index contributed by atoms with van der Waals surface area (Å²) in [5, 5.41) is 2.48. The van der Waals surface area contributed by atoms with Crippen LogP contribution >= 0.6 is 11.8 Å². The van der Waals surface area contributed by atoms with E-state index in [9.17, 15) is 4.79 Å². The maximum Gasteiger partial charge on any atom is 0.296 e. The quantitative estimate of drug-likeness (QED) is 0.810. The monoisotopic (exact) mass is 337 g/mol. The van der Waals surface area contributed by atoms with Gasteiger partial charge in [-0.1, -0.05) is 42.1 Å². The smallest absolute Gasteiger partial charge is 0.296 e. The van der Waals surface area contributed by atoms with E-state index in [4.69, 9.17) is 10.5 Å². The Kier molecular flexibility index (Phi) is 3.46. The lowest BCUT2D eigenvalue weighted by molar-refractivity contribution is -0.117. The minimum absolute atomic E-state index is 0.194. The van der Waals surface area contributed by atoms with Crippen LogP contribution in [0.25, 0.3) is 0 Å². The average Bonchev–Trinajstić information content (AvgIpc) is 3.00. The Labute approximate surface area is 144 Å². The maximum atomic E-state index is 12.8. The van der Waals surface area contributed by atoms with E-state index in [-0.39, 0.29) is 11.7 Å². The lowest BCUT2D eigenvalue weighted by atomic mass is 10.2. The van der Waals surface area contributed by atoms with Crippen molar-refractivity contribution < 1.29 is 9.53 Å². The van der Waals surface area contributed by atoms with Gasteiger partial charge < -0.3 is 15.4 Å². The fourth-order valence-electron chi connectivity index (χ4n) is 2.71. The van der Waals surface area contributed by atoms with Crippen LogP contribution in [-0.2, 0) is 4.79 Å². The number of nitrogens with zero attached hydrogens (tertiary/aromatic N) is 2. The second-order valence-corrected chi connectivity index (χ2v) is 6.26. The zero-order chi connectivity index (χ0) is 16.7. The molecule has 2 heterocycles. The van der Waals surface area contributed by atoms with Gasteiger partial charge in [0.25, 0.3) is 5.91 Å². The number of carbonyl (C=O) groups excluding carboxylic acids is 1. The Morgan fingerprint density at radius 2 is 1.75 bits per heavy atom. The van der Waals surface area contributed by atoms with Crippen molar-refractivity contribution in [2.45, 2.75) is 0 Å².